The maximum Gasteiger partial charge on any atom is 0.130 e. The van der Waals surface area contributed by atoms with Crippen LogP contribution >= 0.6 is 0 Å². The highest BCUT2D eigenvalue weighted by molar-refractivity contribution is 5.43. The Morgan fingerprint density at radius 2 is 2.21 bits per heavy atom. The number of hydrogen-bond acceptors (Lipinski definition) is 2. The minimum Gasteiger partial charge on any atom is -0.310 e. The Morgan fingerprint density at radius 1 is 1.42 bits per heavy atom. The van der Waals surface area contributed by atoms with Crippen molar-refractivity contribution in [2.24, 2.45) is 0 Å². The Labute approximate surface area is 113 Å². The Kier molecular flexibility index (Phi) is 4.32. The van der Waals surface area contributed by atoms with Crippen molar-refractivity contribution in [1.82, 2.24) is 15.1 Å². The molecule has 0 saturated heterocycles. The normalized spacial score (nSPS) is 12.6. The largest absolute Gasteiger partial charge is 0.310 e. The fraction of sp³-hybridized carbons (Fsp3) is 0.400. The van der Waals surface area contributed by atoms with Crippen LogP contribution in [0.4, 0.5) is 4.39 Å². The van der Waals surface area contributed by atoms with E-state index in [0.717, 1.165) is 24.2 Å². The molecule has 1 heterocycles. The van der Waals surface area contributed by atoms with Crippen LogP contribution in [0, 0.1) is 12.7 Å². The van der Waals surface area contributed by atoms with Crippen LogP contribution in [0.1, 0.15) is 37.4 Å². The van der Waals surface area contributed by atoms with Crippen molar-refractivity contribution in [3.8, 4) is 5.69 Å². The van der Waals surface area contributed by atoms with Gasteiger partial charge in [0.15, 0.2) is 0 Å². The molecule has 0 saturated carbocycles. The molecule has 1 atom stereocenters. The first-order valence-electron chi connectivity index (χ1n) is 6.67. The van der Waals surface area contributed by atoms with E-state index < -0.39 is 0 Å². The van der Waals surface area contributed by atoms with Crippen molar-refractivity contribution >= 4 is 0 Å². The topological polar surface area (TPSA) is 29.9 Å². The molecule has 0 spiro atoms. The number of benzene rings is 1. The van der Waals surface area contributed by atoms with Crippen molar-refractivity contribution in [3.63, 3.8) is 0 Å². The van der Waals surface area contributed by atoms with E-state index in [1.165, 1.54) is 6.07 Å². The monoisotopic (exact) mass is 261 g/mol. The Hall–Kier alpha value is -1.68. The Morgan fingerprint density at radius 3 is 2.84 bits per heavy atom. The molecule has 1 N–H and O–H groups in total. The first kappa shape index (κ1) is 13.7. The second-order valence-corrected chi connectivity index (χ2v) is 4.81. The van der Waals surface area contributed by atoms with E-state index in [1.807, 2.05) is 26.1 Å². The van der Waals surface area contributed by atoms with Crippen LogP contribution in [0.5, 0.6) is 0 Å². The lowest BCUT2D eigenvalue weighted by molar-refractivity contribution is 0.523. The molecular formula is C15H20FN3. The zero-order valence-electron chi connectivity index (χ0n) is 11.7. The summed E-state index contributed by atoms with van der Waals surface area (Å²) in [6.45, 7) is 6.92. The van der Waals surface area contributed by atoms with Gasteiger partial charge in [0.25, 0.3) is 0 Å². The lowest BCUT2D eigenvalue weighted by atomic mass is 10.0. The van der Waals surface area contributed by atoms with Crippen LogP contribution in [0.3, 0.4) is 0 Å². The van der Waals surface area contributed by atoms with Gasteiger partial charge in [0.2, 0.25) is 0 Å². The number of nitrogens with one attached hydrogen (secondary N) is 1. The lowest BCUT2D eigenvalue weighted by Crippen LogP contribution is -2.22. The number of aryl methyl sites for hydroxylation is 1. The summed E-state index contributed by atoms with van der Waals surface area (Å²) in [4.78, 5) is 0. The van der Waals surface area contributed by atoms with E-state index >= 15 is 0 Å². The van der Waals surface area contributed by atoms with Gasteiger partial charge in [-0.3, -0.25) is 0 Å². The van der Waals surface area contributed by atoms with Gasteiger partial charge in [0, 0.05) is 17.8 Å². The summed E-state index contributed by atoms with van der Waals surface area (Å²) in [6.07, 6.45) is 4.71. The summed E-state index contributed by atoms with van der Waals surface area (Å²) >= 11 is 0. The highest BCUT2D eigenvalue weighted by Crippen LogP contribution is 2.24. The van der Waals surface area contributed by atoms with E-state index in [2.05, 4.69) is 17.3 Å². The first-order chi connectivity index (χ1) is 9.13. The summed E-state index contributed by atoms with van der Waals surface area (Å²) < 4.78 is 15.9. The lowest BCUT2D eigenvalue weighted by Gasteiger charge is -2.18. The smallest absolute Gasteiger partial charge is 0.130 e. The number of hydrogen-bond donors (Lipinski definition) is 1. The van der Waals surface area contributed by atoms with Crippen LogP contribution in [-0.2, 0) is 0 Å². The molecule has 0 bridgehead atoms. The zero-order chi connectivity index (χ0) is 13.8. The van der Waals surface area contributed by atoms with Crippen molar-refractivity contribution in [2.75, 3.05) is 6.54 Å². The van der Waals surface area contributed by atoms with Crippen molar-refractivity contribution in [1.29, 1.82) is 0 Å². The molecule has 0 aliphatic rings. The van der Waals surface area contributed by atoms with Gasteiger partial charge in [-0.1, -0.05) is 13.0 Å². The molecule has 0 aliphatic carbocycles. The third-order valence-corrected chi connectivity index (χ3v) is 3.12. The number of aromatic nitrogens is 2. The SMILES string of the molecule is CCCNC(C)c1c(F)cccc1-n1cc(C)cn1. The van der Waals surface area contributed by atoms with Gasteiger partial charge in [-0.2, -0.15) is 5.10 Å². The van der Waals surface area contributed by atoms with Gasteiger partial charge in [-0.05, 0) is 44.5 Å². The summed E-state index contributed by atoms with van der Waals surface area (Å²) in [6, 6.07) is 5.08. The van der Waals surface area contributed by atoms with Gasteiger partial charge < -0.3 is 5.32 Å². The van der Waals surface area contributed by atoms with Crippen molar-refractivity contribution in [3.05, 3.63) is 47.5 Å². The van der Waals surface area contributed by atoms with Crippen molar-refractivity contribution in [2.45, 2.75) is 33.2 Å². The van der Waals surface area contributed by atoms with Crippen LogP contribution in [0.15, 0.2) is 30.6 Å². The Bertz CT molecular complexity index is 548. The van der Waals surface area contributed by atoms with E-state index in [0.29, 0.717) is 5.56 Å². The zero-order valence-corrected chi connectivity index (χ0v) is 11.7. The molecule has 102 valence electrons. The average Bonchev–Trinajstić information content (AvgIpc) is 2.82. The molecule has 3 nitrogen and oxygen atoms in total. The summed E-state index contributed by atoms with van der Waals surface area (Å²) in [5, 5.41) is 7.60. The predicted octanol–water partition coefficient (Wildman–Crippen LogP) is 3.38. The fourth-order valence-corrected chi connectivity index (χ4v) is 2.16. The molecule has 2 aromatic rings. The van der Waals surface area contributed by atoms with Gasteiger partial charge >= 0.3 is 0 Å². The van der Waals surface area contributed by atoms with E-state index in [1.54, 1.807) is 16.9 Å². The van der Waals surface area contributed by atoms with E-state index in [9.17, 15) is 4.39 Å². The maximum atomic E-state index is 14.1. The third kappa shape index (κ3) is 3.01. The van der Waals surface area contributed by atoms with Crippen LogP contribution < -0.4 is 5.32 Å². The van der Waals surface area contributed by atoms with Crippen molar-refractivity contribution < 1.29 is 4.39 Å². The summed E-state index contributed by atoms with van der Waals surface area (Å²) in [5.74, 6) is -0.193. The summed E-state index contributed by atoms with van der Waals surface area (Å²) in [7, 11) is 0. The minimum atomic E-state index is -0.193. The highest BCUT2D eigenvalue weighted by Gasteiger charge is 2.16. The second kappa shape index (κ2) is 5.97. The number of halogens is 1. The molecule has 1 unspecified atom stereocenters. The Balaban J connectivity index is 2.41. The van der Waals surface area contributed by atoms with E-state index in [-0.39, 0.29) is 11.9 Å². The molecule has 0 amide bonds. The van der Waals surface area contributed by atoms with Gasteiger partial charge in [0.05, 0.1) is 11.9 Å². The standard InChI is InChI=1S/C15H20FN3/c1-4-8-17-12(3)15-13(16)6-5-7-14(15)19-10-11(2)9-18-19/h5-7,9-10,12,17H,4,8H2,1-3H3. The fourth-order valence-electron chi connectivity index (χ4n) is 2.16. The van der Waals surface area contributed by atoms with Crippen LogP contribution in [-0.4, -0.2) is 16.3 Å². The summed E-state index contributed by atoms with van der Waals surface area (Å²) in [5.41, 5.74) is 2.52. The number of rotatable bonds is 5. The molecular weight excluding hydrogens is 241 g/mol. The molecule has 0 aliphatic heterocycles. The van der Waals surface area contributed by atoms with Gasteiger partial charge in [0.1, 0.15) is 5.82 Å². The predicted molar refractivity (Wildman–Crippen MR) is 75.0 cm³/mol. The molecule has 0 fully saturated rings. The quantitative estimate of drug-likeness (QED) is 0.894. The highest BCUT2D eigenvalue weighted by atomic mass is 19.1. The first-order valence-corrected chi connectivity index (χ1v) is 6.67. The van der Waals surface area contributed by atoms with Crippen LogP contribution in [0.25, 0.3) is 5.69 Å². The minimum absolute atomic E-state index is 0.0411. The second-order valence-electron chi connectivity index (χ2n) is 4.81. The number of nitrogens with zero attached hydrogens (tertiary/aromatic N) is 2. The maximum absolute atomic E-state index is 14.1. The molecule has 4 heteroatoms. The molecule has 1 aromatic heterocycles. The van der Waals surface area contributed by atoms with Gasteiger partial charge in [-0.15, -0.1) is 0 Å². The third-order valence-electron chi connectivity index (χ3n) is 3.12. The molecule has 2 rings (SSSR count). The molecule has 19 heavy (non-hydrogen) atoms. The van der Waals surface area contributed by atoms with Gasteiger partial charge in [-0.25, -0.2) is 9.07 Å². The molecule has 0 radical (unpaired) electrons. The molecule has 1 aromatic carbocycles. The average molecular weight is 261 g/mol. The van der Waals surface area contributed by atoms with E-state index in [4.69, 9.17) is 0 Å². The van der Waals surface area contributed by atoms with Crippen LogP contribution in [0.2, 0.25) is 0 Å².